The van der Waals surface area contributed by atoms with Gasteiger partial charge >= 0.3 is 0 Å². The van der Waals surface area contributed by atoms with E-state index in [0.29, 0.717) is 22.6 Å². The number of ether oxygens (including phenoxy) is 2. The van der Waals surface area contributed by atoms with Crippen molar-refractivity contribution in [1.82, 2.24) is 9.88 Å². The smallest absolute Gasteiger partial charge is 0.291 e. The number of aromatic nitrogens is 1. The molecule has 0 bridgehead atoms. The first-order valence-electron chi connectivity index (χ1n) is 10.2. The van der Waals surface area contributed by atoms with Gasteiger partial charge in [0.05, 0.1) is 20.3 Å². The summed E-state index contributed by atoms with van der Waals surface area (Å²) in [6, 6.07) is 12.5. The fourth-order valence-electron chi connectivity index (χ4n) is 4.05. The van der Waals surface area contributed by atoms with Crippen LogP contribution in [0.5, 0.6) is 11.5 Å². The summed E-state index contributed by atoms with van der Waals surface area (Å²) in [5.41, 5.74) is 1.39. The van der Waals surface area contributed by atoms with E-state index < -0.39 is 35.3 Å². The van der Waals surface area contributed by atoms with Gasteiger partial charge in [0.15, 0.2) is 17.3 Å². The highest BCUT2D eigenvalue weighted by atomic mass is 19.1. The molecular weight excluding hydrogens is 427 g/mol. The van der Waals surface area contributed by atoms with Crippen LogP contribution in [0.1, 0.15) is 27.5 Å². The van der Waals surface area contributed by atoms with E-state index in [4.69, 9.17) is 9.47 Å². The molecule has 8 heteroatoms. The minimum atomic E-state index is -1.29. The number of Topliss-reactive ketones (excluding diaryl/α,β-unsaturated/α-hetero) is 2. The van der Waals surface area contributed by atoms with Crippen molar-refractivity contribution >= 4 is 17.5 Å². The molecule has 1 fully saturated rings. The van der Waals surface area contributed by atoms with Gasteiger partial charge in [-0.25, -0.2) is 4.39 Å². The second-order valence-electron chi connectivity index (χ2n) is 7.57. The molecule has 1 aromatic heterocycles. The van der Waals surface area contributed by atoms with Crippen molar-refractivity contribution in [3.8, 4) is 11.5 Å². The zero-order valence-electron chi connectivity index (χ0n) is 18.0. The molecule has 7 nitrogen and oxygen atoms in total. The first-order valence-corrected chi connectivity index (χ1v) is 10.2. The van der Waals surface area contributed by atoms with E-state index in [0.717, 1.165) is 12.1 Å². The second kappa shape index (κ2) is 9.20. The summed E-state index contributed by atoms with van der Waals surface area (Å²) in [5.74, 6) is -3.06. The average Bonchev–Trinajstić information content (AvgIpc) is 3.09. The summed E-state index contributed by atoms with van der Waals surface area (Å²) in [7, 11) is 2.97. The lowest BCUT2D eigenvalue weighted by Crippen LogP contribution is -2.30. The third-order valence-corrected chi connectivity index (χ3v) is 5.64. The summed E-state index contributed by atoms with van der Waals surface area (Å²) < 4.78 is 24.1. The predicted molar refractivity (Wildman–Crippen MR) is 116 cm³/mol. The van der Waals surface area contributed by atoms with E-state index in [1.807, 2.05) is 0 Å². The van der Waals surface area contributed by atoms with E-state index >= 15 is 0 Å². The highest BCUT2D eigenvalue weighted by Crippen LogP contribution is 2.41. The normalized spacial score (nSPS) is 17.8. The monoisotopic (exact) mass is 448 g/mol. The number of carbonyl (C=O) groups excluding carboxylic acids is 3. The fourth-order valence-corrected chi connectivity index (χ4v) is 4.05. The van der Waals surface area contributed by atoms with Gasteiger partial charge in [-0.2, -0.15) is 0 Å². The van der Waals surface area contributed by atoms with Crippen LogP contribution in [-0.4, -0.2) is 41.6 Å². The molecule has 1 aliphatic heterocycles. The molecule has 2 heterocycles. The molecule has 1 aliphatic rings. The van der Waals surface area contributed by atoms with Gasteiger partial charge in [-0.3, -0.25) is 19.4 Å². The van der Waals surface area contributed by atoms with Crippen LogP contribution in [0.25, 0.3) is 0 Å². The highest BCUT2D eigenvalue weighted by Gasteiger charge is 2.51. The van der Waals surface area contributed by atoms with Crippen LogP contribution >= 0.6 is 0 Å². The molecule has 168 valence electrons. The van der Waals surface area contributed by atoms with Gasteiger partial charge in [0, 0.05) is 24.5 Å². The Kier molecular flexibility index (Phi) is 6.17. The summed E-state index contributed by atoms with van der Waals surface area (Å²) in [4.78, 5) is 45.0. The minimum Gasteiger partial charge on any atom is -0.493 e. The summed E-state index contributed by atoms with van der Waals surface area (Å²) >= 11 is 0. The van der Waals surface area contributed by atoms with Crippen LogP contribution in [-0.2, 0) is 16.1 Å². The first-order chi connectivity index (χ1) is 15.9. The topological polar surface area (TPSA) is 85.8 Å². The number of likely N-dealkylation sites (tertiary alicyclic amines) is 1. The van der Waals surface area contributed by atoms with Gasteiger partial charge in [-0.1, -0.05) is 12.1 Å². The Balaban J connectivity index is 1.81. The van der Waals surface area contributed by atoms with Crippen LogP contribution in [0.3, 0.4) is 0 Å². The van der Waals surface area contributed by atoms with Crippen LogP contribution in [0.15, 0.2) is 67.0 Å². The lowest BCUT2D eigenvalue weighted by atomic mass is 9.86. The Morgan fingerprint density at radius 1 is 1.03 bits per heavy atom. The number of pyridine rings is 1. The van der Waals surface area contributed by atoms with E-state index in [1.54, 1.807) is 42.7 Å². The Bertz CT molecular complexity index is 1200. The lowest BCUT2D eigenvalue weighted by Gasteiger charge is -2.27. The third kappa shape index (κ3) is 4.19. The molecule has 0 radical (unpaired) electrons. The lowest BCUT2D eigenvalue weighted by molar-refractivity contribution is -0.141. The number of hydrogen-bond donors (Lipinski definition) is 0. The number of amides is 1. The average molecular weight is 448 g/mol. The number of benzene rings is 2. The van der Waals surface area contributed by atoms with Crippen LogP contribution in [0.4, 0.5) is 4.39 Å². The largest absolute Gasteiger partial charge is 0.493 e. The Morgan fingerprint density at radius 2 is 1.76 bits per heavy atom. The summed E-state index contributed by atoms with van der Waals surface area (Å²) in [6.07, 6.45) is 3.20. The van der Waals surface area contributed by atoms with Crippen molar-refractivity contribution in [2.45, 2.75) is 12.6 Å². The molecule has 2 atom stereocenters. The molecule has 33 heavy (non-hydrogen) atoms. The molecule has 0 saturated carbocycles. The maximum atomic E-state index is 13.4. The third-order valence-electron chi connectivity index (χ3n) is 5.64. The van der Waals surface area contributed by atoms with Gasteiger partial charge < -0.3 is 14.4 Å². The zero-order chi connectivity index (χ0) is 23.5. The molecule has 2 aromatic carbocycles. The van der Waals surface area contributed by atoms with Gasteiger partial charge in [-0.05, 0) is 53.6 Å². The van der Waals surface area contributed by atoms with Crippen LogP contribution < -0.4 is 9.47 Å². The molecule has 3 aromatic rings. The minimum absolute atomic E-state index is 0.0879. The van der Waals surface area contributed by atoms with Gasteiger partial charge in [0.2, 0.25) is 5.78 Å². The Morgan fingerprint density at radius 3 is 2.39 bits per heavy atom. The quantitative estimate of drug-likeness (QED) is 0.313. The molecular formula is C25H21FN2O5. The molecule has 1 saturated heterocycles. The summed E-state index contributed by atoms with van der Waals surface area (Å²) in [6.45, 7) is 0.0879. The molecule has 4 rings (SSSR count). The number of methoxy groups -OCH3 is 2. The SMILES string of the molecule is COc1ccc(C2C(C(=O)c3ccc(F)cc3)C(=O)C(=O)N2Cc2cccnc2)cc1OC. The second-order valence-corrected chi connectivity index (χ2v) is 7.57. The van der Waals surface area contributed by atoms with Gasteiger partial charge in [-0.15, -0.1) is 0 Å². The van der Waals surface area contributed by atoms with Crippen molar-refractivity contribution in [2.75, 3.05) is 14.2 Å². The van der Waals surface area contributed by atoms with Gasteiger partial charge in [0.25, 0.3) is 5.91 Å². The number of rotatable bonds is 7. The number of halogens is 1. The Hall–Kier alpha value is -4.07. The zero-order valence-corrected chi connectivity index (χ0v) is 18.0. The first kappa shape index (κ1) is 22.1. The molecule has 2 unspecified atom stereocenters. The molecule has 1 amide bonds. The number of hydrogen-bond acceptors (Lipinski definition) is 6. The van der Waals surface area contributed by atoms with Crippen molar-refractivity contribution in [1.29, 1.82) is 0 Å². The molecule has 0 N–H and O–H groups in total. The predicted octanol–water partition coefficient (Wildman–Crippen LogP) is 3.39. The van der Waals surface area contributed by atoms with Crippen molar-refractivity contribution in [3.05, 3.63) is 89.5 Å². The fraction of sp³-hybridized carbons (Fsp3) is 0.200. The molecule has 0 spiro atoms. The molecule has 0 aliphatic carbocycles. The number of carbonyl (C=O) groups is 3. The number of nitrogens with zero attached hydrogens (tertiary/aromatic N) is 2. The van der Waals surface area contributed by atoms with E-state index in [9.17, 15) is 18.8 Å². The van der Waals surface area contributed by atoms with Crippen molar-refractivity contribution in [2.24, 2.45) is 5.92 Å². The van der Waals surface area contributed by atoms with Crippen LogP contribution in [0, 0.1) is 11.7 Å². The maximum Gasteiger partial charge on any atom is 0.291 e. The standard InChI is InChI=1S/C25H21FN2O5/c1-32-19-10-7-17(12-20(19)33-2)22-21(23(29)16-5-8-18(26)9-6-16)24(30)25(31)28(22)14-15-4-3-11-27-13-15/h3-13,21-22H,14H2,1-2H3. The van der Waals surface area contributed by atoms with Gasteiger partial charge in [0.1, 0.15) is 11.7 Å². The van der Waals surface area contributed by atoms with E-state index in [1.165, 1.54) is 31.3 Å². The van der Waals surface area contributed by atoms with E-state index in [2.05, 4.69) is 4.98 Å². The van der Waals surface area contributed by atoms with Crippen LogP contribution in [0.2, 0.25) is 0 Å². The highest BCUT2D eigenvalue weighted by molar-refractivity contribution is 6.44. The van der Waals surface area contributed by atoms with Crippen molar-refractivity contribution in [3.63, 3.8) is 0 Å². The van der Waals surface area contributed by atoms with E-state index in [-0.39, 0.29) is 12.1 Å². The maximum absolute atomic E-state index is 13.4. The van der Waals surface area contributed by atoms with Crippen molar-refractivity contribution < 1.29 is 28.2 Å². The number of ketones is 2. The summed E-state index contributed by atoms with van der Waals surface area (Å²) in [5, 5.41) is 0. The Labute approximate surface area is 189 Å².